The number of carboxylic acid groups (broad SMARTS) is 1. The first-order valence-electron chi connectivity index (χ1n) is 6.78. The zero-order valence-electron chi connectivity index (χ0n) is 12.2. The van der Waals surface area contributed by atoms with Gasteiger partial charge in [0.1, 0.15) is 12.1 Å². The highest BCUT2D eigenvalue weighted by molar-refractivity contribution is 5.88. The topological polar surface area (TPSA) is 98.7 Å². The smallest absolute Gasteiger partial charge is 0.329 e. The fourth-order valence-electron chi connectivity index (χ4n) is 2.31. The van der Waals surface area contributed by atoms with Gasteiger partial charge in [-0.25, -0.2) is 9.59 Å². The monoisotopic (exact) mass is 285 g/mol. The van der Waals surface area contributed by atoms with Crippen LogP contribution in [-0.2, 0) is 9.59 Å². The molecule has 20 heavy (non-hydrogen) atoms. The van der Waals surface area contributed by atoms with E-state index in [-0.39, 0.29) is 12.5 Å². The molecule has 7 heteroatoms. The average molecular weight is 285 g/mol. The minimum atomic E-state index is -1.21. The van der Waals surface area contributed by atoms with Crippen LogP contribution in [0.25, 0.3) is 0 Å². The van der Waals surface area contributed by atoms with Crippen molar-refractivity contribution in [2.24, 2.45) is 5.92 Å². The van der Waals surface area contributed by atoms with Gasteiger partial charge in [0, 0.05) is 14.1 Å². The molecule has 0 aromatic heterocycles. The first-order chi connectivity index (χ1) is 9.30. The number of rotatable bonds is 4. The zero-order valence-corrected chi connectivity index (χ0v) is 12.2. The molecule has 3 amide bonds. The molecule has 1 aliphatic rings. The summed E-state index contributed by atoms with van der Waals surface area (Å²) in [6, 6.07) is -0.537. The Morgan fingerprint density at radius 2 is 1.85 bits per heavy atom. The highest BCUT2D eigenvalue weighted by Gasteiger charge is 2.43. The first kappa shape index (κ1) is 16.3. The lowest BCUT2D eigenvalue weighted by atomic mass is 9.77. The van der Waals surface area contributed by atoms with E-state index < -0.39 is 17.5 Å². The third-order valence-corrected chi connectivity index (χ3v) is 3.89. The minimum absolute atomic E-state index is 0.103. The SMILES string of the molecule is CNC(=O)CN(C)C(=O)NC1(C(=O)O)CCC(C)CC1. The van der Waals surface area contributed by atoms with Gasteiger partial charge in [-0.1, -0.05) is 6.92 Å². The van der Waals surface area contributed by atoms with Crippen molar-refractivity contribution < 1.29 is 19.5 Å². The maximum Gasteiger partial charge on any atom is 0.329 e. The maximum atomic E-state index is 12.0. The van der Waals surface area contributed by atoms with Crippen LogP contribution in [0.15, 0.2) is 0 Å². The van der Waals surface area contributed by atoms with Crippen molar-refractivity contribution in [2.75, 3.05) is 20.6 Å². The molecule has 0 heterocycles. The molecule has 1 saturated carbocycles. The van der Waals surface area contributed by atoms with Gasteiger partial charge in [-0.2, -0.15) is 0 Å². The van der Waals surface area contributed by atoms with Crippen LogP contribution in [0.1, 0.15) is 32.6 Å². The Bertz CT molecular complexity index is 389. The quantitative estimate of drug-likeness (QED) is 0.696. The Morgan fingerprint density at radius 1 is 1.30 bits per heavy atom. The third-order valence-electron chi connectivity index (χ3n) is 3.89. The average Bonchev–Trinajstić information content (AvgIpc) is 2.40. The minimum Gasteiger partial charge on any atom is -0.480 e. The number of carboxylic acids is 1. The summed E-state index contributed by atoms with van der Waals surface area (Å²) in [5.74, 6) is -0.835. The molecular weight excluding hydrogens is 262 g/mol. The van der Waals surface area contributed by atoms with Gasteiger partial charge in [0.05, 0.1) is 0 Å². The van der Waals surface area contributed by atoms with E-state index in [4.69, 9.17) is 0 Å². The Kier molecular flexibility index (Phi) is 5.35. The van der Waals surface area contributed by atoms with Crippen LogP contribution in [0.3, 0.4) is 0 Å². The number of amides is 3. The van der Waals surface area contributed by atoms with Crippen molar-refractivity contribution in [3.8, 4) is 0 Å². The van der Waals surface area contributed by atoms with Gasteiger partial charge >= 0.3 is 12.0 Å². The predicted octanol–water partition coefficient (Wildman–Crippen LogP) is 0.407. The second-order valence-electron chi connectivity index (χ2n) is 5.53. The Balaban J connectivity index is 2.69. The van der Waals surface area contributed by atoms with Crippen LogP contribution >= 0.6 is 0 Å². The molecule has 0 aromatic rings. The van der Waals surface area contributed by atoms with Gasteiger partial charge in [-0.05, 0) is 31.6 Å². The maximum absolute atomic E-state index is 12.0. The molecular formula is C13H23N3O4. The van der Waals surface area contributed by atoms with E-state index in [2.05, 4.69) is 17.6 Å². The fourth-order valence-corrected chi connectivity index (χ4v) is 2.31. The number of hydrogen-bond donors (Lipinski definition) is 3. The van der Waals surface area contributed by atoms with Crippen LogP contribution in [0.4, 0.5) is 4.79 Å². The van der Waals surface area contributed by atoms with Gasteiger partial charge in [0.2, 0.25) is 5.91 Å². The molecule has 3 N–H and O–H groups in total. The summed E-state index contributed by atoms with van der Waals surface area (Å²) in [5.41, 5.74) is -1.21. The van der Waals surface area contributed by atoms with E-state index in [1.165, 1.54) is 19.0 Å². The van der Waals surface area contributed by atoms with Gasteiger partial charge in [-0.3, -0.25) is 4.79 Å². The highest BCUT2D eigenvalue weighted by atomic mass is 16.4. The first-order valence-corrected chi connectivity index (χ1v) is 6.78. The fraction of sp³-hybridized carbons (Fsp3) is 0.769. The Morgan fingerprint density at radius 3 is 2.30 bits per heavy atom. The normalized spacial score (nSPS) is 25.6. The van der Waals surface area contributed by atoms with E-state index >= 15 is 0 Å². The Labute approximate surface area is 118 Å². The molecule has 0 unspecified atom stereocenters. The second kappa shape index (κ2) is 6.58. The predicted molar refractivity (Wildman–Crippen MR) is 73.2 cm³/mol. The molecule has 0 radical (unpaired) electrons. The Hall–Kier alpha value is -1.79. The molecule has 114 valence electrons. The van der Waals surface area contributed by atoms with Gasteiger partial charge < -0.3 is 20.6 Å². The summed E-state index contributed by atoms with van der Waals surface area (Å²) in [6.45, 7) is 1.97. The van der Waals surface area contributed by atoms with Gasteiger partial charge in [0.25, 0.3) is 0 Å². The zero-order chi connectivity index (χ0) is 15.3. The van der Waals surface area contributed by atoms with Gasteiger partial charge in [-0.15, -0.1) is 0 Å². The van der Waals surface area contributed by atoms with E-state index in [9.17, 15) is 19.5 Å². The number of carbonyl (C=O) groups excluding carboxylic acids is 2. The second-order valence-corrected chi connectivity index (χ2v) is 5.53. The number of likely N-dealkylation sites (N-methyl/N-ethyl adjacent to an activating group) is 2. The van der Waals surface area contributed by atoms with Crippen molar-refractivity contribution >= 4 is 17.9 Å². The summed E-state index contributed by atoms with van der Waals surface area (Å²) in [4.78, 5) is 35.9. The van der Waals surface area contributed by atoms with Crippen LogP contribution in [0.2, 0.25) is 0 Å². The molecule has 0 aliphatic heterocycles. The molecule has 1 fully saturated rings. The number of nitrogens with one attached hydrogen (secondary N) is 2. The van der Waals surface area contributed by atoms with Crippen molar-refractivity contribution in [1.29, 1.82) is 0 Å². The number of urea groups is 1. The van der Waals surface area contributed by atoms with Crippen LogP contribution < -0.4 is 10.6 Å². The summed E-state index contributed by atoms with van der Waals surface area (Å²) >= 11 is 0. The standard InChI is InChI=1S/C13H23N3O4/c1-9-4-6-13(7-5-9,11(18)19)15-12(20)16(3)8-10(17)14-2/h9H,4-8H2,1-3H3,(H,14,17)(H,15,20)(H,18,19). The van der Waals surface area contributed by atoms with Crippen molar-refractivity contribution in [3.05, 3.63) is 0 Å². The van der Waals surface area contributed by atoms with E-state index in [0.29, 0.717) is 18.8 Å². The van der Waals surface area contributed by atoms with E-state index in [1.807, 2.05) is 0 Å². The highest BCUT2D eigenvalue weighted by Crippen LogP contribution is 2.32. The molecule has 1 aliphatic carbocycles. The molecule has 0 saturated heterocycles. The third kappa shape index (κ3) is 3.85. The number of aliphatic carboxylic acids is 1. The van der Waals surface area contributed by atoms with Crippen LogP contribution in [0, 0.1) is 5.92 Å². The summed E-state index contributed by atoms with van der Waals surface area (Å²) in [7, 11) is 2.95. The number of carbonyl (C=O) groups is 3. The van der Waals surface area contributed by atoms with Crippen molar-refractivity contribution in [2.45, 2.75) is 38.1 Å². The van der Waals surface area contributed by atoms with E-state index in [1.54, 1.807) is 0 Å². The molecule has 0 bridgehead atoms. The lowest BCUT2D eigenvalue weighted by Gasteiger charge is -2.37. The number of hydrogen-bond acceptors (Lipinski definition) is 3. The number of nitrogens with zero attached hydrogens (tertiary/aromatic N) is 1. The molecule has 1 rings (SSSR count). The summed E-state index contributed by atoms with van der Waals surface area (Å²) in [5, 5.41) is 14.4. The molecule has 0 atom stereocenters. The van der Waals surface area contributed by atoms with E-state index in [0.717, 1.165) is 12.8 Å². The van der Waals surface area contributed by atoms with Crippen LogP contribution in [-0.4, -0.2) is 54.1 Å². The summed E-state index contributed by atoms with van der Waals surface area (Å²) in [6.07, 6.45) is 2.38. The largest absolute Gasteiger partial charge is 0.480 e. The summed E-state index contributed by atoms with van der Waals surface area (Å²) < 4.78 is 0. The molecule has 0 spiro atoms. The lowest BCUT2D eigenvalue weighted by Crippen LogP contribution is -2.59. The lowest BCUT2D eigenvalue weighted by molar-refractivity contribution is -0.146. The van der Waals surface area contributed by atoms with Crippen LogP contribution in [0.5, 0.6) is 0 Å². The van der Waals surface area contributed by atoms with Gasteiger partial charge in [0.15, 0.2) is 0 Å². The van der Waals surface area contributed by atoms with Crippen molar-refractivity contribution in [1.82, 2.24) is 15.5 Å². The van der Waals surface area contributed by atoms with Crippen molar-refractivity contribution in [3.63, 3.8) is 0 Å². The molecule has 7 nitrogen and oxygen atoms in total. The molecule has 0 aromatic carbocycles.